The fourth-order valence-corrected chi connectivity index (χ4v) is 1.91. The molecule has 88 valence electrons. The molecule has 0 amide bonds. The van der Waals surface area contributed by atoms with E-state index in [1.165, 1.54) is 12.8 Å². The van der Waals surface area contributed by atoms with Gasteiger partial charge in [0.1, 0.15) is 0 Å². The van der Waals surface area contributed by atoms with Gasteiger partial charge in [-0.05, 0) is 31.6 Å². The third kappa shape index (κ3) is 3.49. The molecular formula is C12H22O3. The monoisotopic (exact) mass is 214 g/mol. The average Bonchev–Trinajstić information content (AvgIpc) is 2.98. The average molecular weight is 214 g/mol. The molecule has 0 aliphatic heterocycles. The Bertz CT molecular complexity index is 203. The van der Waals surface area contributed by atoms with E-state index in [2.05, 4.69) is 0 Å². The summed E-state index contributed by atoms with van der Waals surface area (Å²) in [6, 6.07) is 0. The van der Waals surface area contributed by atoms with Crippen LogP contribution in [0, 0.1) is 5.92 Å². The van der Waals surface area contributed by atoms with E-state index in [0.29, 0.717) is 25.4 Å². The number of rotatable bonds is 8. The van der Waals surface area contributed by atoms with Crippen LogP contribution < -0.4 is 0 Å². The normalized spacial score (nSPS) is 16.7. The minimum absolute atomic E-state index is 0.623. The molecule has 0 radical (unpaired) electrons. The van der Waals surface area contributed by atoms with Gasteiger partial charge in [-0.3, -0.25) is 0 Å². The van der Waals surface area contributed by atoms with E-state index in [0.717, 1.165) is 12.8 Å². The molecule has 0 aromatic rings. The van der Waals surface area contributed by atoms with E-state index in [9.17, 15) is 9.90 Å². The van der Waals surface area contributed by atoms with Gasteiger partial charge in [-0.25, -0.2) is 4.79 Å². The fraction of sp³-hybridized carbons (Fsp3) is 0.917. The summed E-state index contributed by atoms with van der Waals surface area (Å²) in [6.07, 6.45) is 5.38. The van der Waals surface area contributed by atoms with Crippen LogP contribution in [0.25, 0.3) is 0 Å². The first-order valence-corrected chi connectivity index (χ1v) is 6.02. The summed E-state index contributed by atoms with van der Waals surface area (Å²) in [5.41, 5.74) is -0.911. The Hall–Kier alpha value is -0.570. The number of ether oxygens (including phenoxy) is 1. The molecule has 3 heteroatoms. The quantitative estimate of drug-likeness (QED) is 0.675. The van der Waals surface area contributed by atoms with Crippen LogP contribution >= 0.6 is 0 Å². The second-order valence-electron chi connectivity index (χ2n) is 4.55. The summed E-state index contributed by atoms with van der Waals surface area (Å²) >= 11 is 0. The predicted molar refractivity (Wildman–Crippen MR) is 58.9 cm³/mol. The number of carboxylic acids is 1. The second kappa shape index (κ2) is 5.50. The maximum Gasteiger partial charge on any atom is 0.335 e. The van der Waals surface area contributed by atoms with Crippen LogP contribution in [0.3, 0.4) is 0 Å². The van der Waals surface area contributed by atoms with Crippen molar-refractivity contribution >= 4 is 5.97 Å². The Kier molecular flexibility index (Phi) is 4.58. The number of hydrogen-bond acceptors (Lipinski definition) is 2. The fourth-order valence-electron chi connectivity index (χ4n) is 1.91. The zero-order chi connectivity index (χ0) is 11.3. The highest BCUT2D eigenvalue weighted by atomic mass is 16.5. The van der Waals surface area contributed by atoms with Gasteiger partial charge in [0.15, 0.2) is 5.60 Å². The van der Waals surface area contributed by atoms with Gasteiger partial charge in [-0.15, -0.1) is 0 Å². The molecule has 1 N–H and O–H groups in total. The lowest BCUT2D eigenvalue weighted by molar-refractivity contribution is -0.169. The smallest absolute Gasteiger partial charge is 0.335 e. The van der Waals surface area contributed by atoms with Gasteiger partial charge in [0.05, 0.1) is 6.61 Å². The van der Waals surface area contributed by atoms with Crippen molar-refractivity contribution in [2.24, 2.45) is 5.92 Å². The van der Waals surface area contributed by atoms with Crippen molar-refractivity contribution in [3.8, 4) is 0 Å². The van der Waals surface area contributed by atoms with Crippen molar-refractivity contribution < 1.29 is 14.6 Å². The molecule has 0 atom stereocenters. The van der Waals surface area contributed by atoms with E-state index >= 15 is 0 Å². The van der Waals surface area contributed by atoms with E-state index < -0.39 is 11.6 Å². The maximum atomic E-state index is 11.3. The van der Waals surface area contributed by atoms with Crippen LogP contribution in [-0.4, -0.2) is 23.3 Å². The minimum atomic E-state index is -0.911. The van der Waals surface area contributed by atoms with Crippen LogP contribution in [0.2, 0.25) is 0 Å². The van der Waals surface area contributed by atoms with Crippen LogP contribution in [0.1, 0.15) is 52.4 Å². The summed E-state index contributed by atoms with van der Waals surface area (Å²) in [5, 5.41) is 9.29. The van der Waals surface area contributed by atoms with E-state index in [1.807, 2.05) is 13.8 Å². The lowest BCUT2D eigenvalue weighted by Crippen LogP contribution is -2.42. The zero-order valence-corrected chi connectivity index (χ0v) is 9.79. The first-order valence-electron chi connectivity index (χ1n) is 6.02. The van der Waals surface area contributed by atoms with Gasteiger partial charge in [-0.1, -0.05) is 26.7 Å². The van der Waals surface area contributed by atoms with E-state index in [4.69, 9.17) is 4.74 Å². The van der Waals surface area contributed by atoms with Crippen molar-refractivity contribution in [2.75, 3.05) is 6.61 Å². The summed E-state index contributed by atoms with van der Waals surface area (Å²) < 4.78 is 5.70. The zero-order valence-electron chi connectivity index (χ0n) is 9.79. The van der Waals surface area contributed by atoms with Crippen LogP contribution in [0.5, 0.6) is 0 Å². The van der Waals surface area contributed by atoms with Gasteiger partial charge in [0.2, 0.25) is 0 Å². The molecule has 0 unspecified atom stereocenters. The summed E-state index contributed by atoms with van der Waals surface area (Å²) in [7, 11) is 0. The van der Waals surface area contributed by atoms with Crippen LogP contribution in [0.4, 0.5) is 0 Å². The molecule has 1 aliphatic rings. The summed E-state index contributed by atoms with van der Waals surface area (Å²) in [4.78, 5) is 11.3. The molecule has 1 aliphatic carbocycles. The molecule has 1 saturated carbocycles. The third-order valence-electron chi connectivity index (χ3n) is 2.99. The molecule has 15 heavy (non-hydrogen) atoms. The first-order chi connectivity index (χ1) is 7.14. The summed E-state index contributed by atoms with van der Waals surface area (Å²) in [5.74, 6) is -0.163. The third-order valence-corrected chi connectivity index (χ3v) is 2.99. The van der Waals surface area contributed by atoms with Crippen molar-refractivity contribution in [3.05, 3.63) is 0 Å². The highest BCUT2D eigenvalue weighted by Gasteiger charge is 2.39. The molecule has 1 fully saturated rings. The van der Waals surface area contributed by atoms with Crippen LogP contribution in [0.15, 0.2) is 0 Å². The highest BCUT2D eigenvalue weighted by molar-refractivity contribution is 5.77. The van der Waals surface area contributed by atoms with Crippen molar-refractivity contribution in [1.29, 1.82) is 0 Å². The standard InChI is InChI=1S/C12H22O3/c1-3-7-12(8-4-2,11(13)14)15-9-10-5-6-10/h10H,3-9H2,1-2H3,(H,13,14). The molecule has 0 heterocycles. The molecule has 0 spiro atoms. The largest absolute Gasteiger partial charge is 0.479 e. The Morgan fingerprint density at radius 1 is 1.33 bits per heavy atom. The molecule has 3 nitrogen and oxygen atoms in total. The van der Waals surface area contributed by atoms with Gasteiger partial charge < -0.3 is 9.84 Å². The topological polar surface area (TPSA) is 46.5 Å². The minimum Gasteiger partial charge on any atom is -0.479 e. The molecule has 0 aromatic heterocycles. The van der Waals surface area contributed by atoms with Gasteiger partial charge in [0, 0.05) is 0 Å². The Morgan fingerprint density at radius 3 is 2.20 bits per heavy atom. The molecule has 0 aromatic carbocycles. The Morgan fingerprint density at radius 2 is 1.87 bits per heavy atom. The number of hydrogen-bond donors (Lipinski definition) is 1. The first kappa shape index (κ1) is 12.5. The van der Waals surface area contributed by atoms with Crippen molar-refractivity contribution in [1.82, 2.24) is 0 Å². The Balaban J connectivity index is 2.55. The van der Waals surface area contributed by atoms with E-state index in [-0.39, 0.29) is 0 Å². The van der Waals surface area contributed by atoms with Gasteiger partial charge in [0.25, 0.3) is 0 Å². The Labute approximate surface area is 91.8 Å². The molecule has 0 saturated heterocycles. The van der Waals surface area contributed by atoms with E-state index in [1.54, 1.807) is 0 Å². The number of carbonyl (C=O) groups is 1. The molecule has 1 rings (SSSR count). The van der Waals surface area contributed by atoms with Crippen molar-refractivity contribution in [3.63, 3.8) is 0 Å². The SMILES string of the molecule is CCCC(CCC)(OCC1CC1)C(=O)O. The lowest BCUT2D eigenvalue weighted by Gasteiger charge is -2.29. The molecule has 0 bridgehead atoms. The van der Waals surface area contributed by atoms with Crippen LogP contribution in [-0.2, 0) is 9.53 Å². The number of aliphatic carboxylic acids is 1. The predicted octanol–water partition coefficient (Wildman–Crippen LogP) is 2.84. The van der Waals surface area contributed by atoms with Crippen molar-refractivity contribution in [2.45, 2.75) is 58.0 Å². The lowest BCUT2D eigenvalue weighted by atomic mass is 9.92. The molecular weight excluding hydrogens is 192 g/mol. The van der Waals surface area contributed by atoms with Gasteiger partial charge in [-0.2, -0.15) is 0 Å². The number of carboxylic acid groups (broad SMARTS) is 1. The second-order valence-corrected chi connectivity index (χ2v) is 4.55. The van der Waals surface area contributed by atoms with Gasteiger partial charge >= 0.3 is 5.97 Å². The maximum absolute atomic E-state index is 11.3. The summed E-state index contributed by atoms with van der Waals surface area (Å²) in [6.45, 7) is 4.65. The highest BCUT2D eigenvalue weighted by Crippen LogP contribution is 2.33.